The molecule has 54 heavy (non-hydrogen) atoms. The van der Waals surface area contributed by atoms with E-state index >= 15 is 0 Å². The predicted molar refractivity (Wildman–Crippen MR) is 211 cm³/mol. The molecular weight excluding hydrogens is 703 g/mol. The Balaban J connectivity index is 1.27. The second kappa shape index (κ2) is 17.3. The molecule has 12 heteroatoms. The molecule has 274 valence electrons. The molecule has 0 saturated carbocycles. The Morgan fingerprint density at radius 2 is 1.46 bits per heavy atom. The Labute approximate surface area is 318 Å². The van der Waals surface area contributed by atoms with Crippen molar-refractivity contribution in [3.63, 3.8) is 0 Å². The van der Waals surface area contributed by atoms with Gasteiger partial charge in [0, 0.05) is 22.5 Å². The predicted octanol–water partition coefficient (Wildman–Crippen LogP) is 6.87. The van der Waals surface area contributed by atoms with Gasteiger partial charge in [0.05, 0.1) is 48.0 Å². The summed E-state index contributed by atoms with van der Waals surface area (Å²) in [4.78, 5) is 38.5. The van der Waals surface area contributed by atoms with Crippen molar-refractivity contribution in [1.29, 1.82) is 0 Å². The molecule has 5 aromatic rings. The number of carbonyl (C=O) groups is 3. The van der Waals surface area contributed by atoms with Gasteiger partial charge in [0.2, 0.25) is 0 Å². The largest absolute Gasteiger partial charge is 0.483 e. The van der Waals surface area contributed by atoms with E-state index < -0.39 is 17.9 Å². The number of aromatic nitrogens is 1. The van der Waals surface area contributed by atoms with E-state index in [1.807, 2.05) is 84.9 Å². The number of hydrazone groups is 1. The van der Waals surface area contributed by atoms with Crippen LogP contribution in [0.3, 0.4) is 0 Å². The van der Waals surface area contributed by atoms with E-state index in [-0.39, 0.29) is 25.8 Å². The third-order valence-corrected chi connectivity index (χ3v) is 8.75. The minimum atomic E-state index is -0.657. The number of benzene rings is 4. The van der Waals surface area contributed by atoms with Gasteiger partial charge < -0.3 is 29.4 Å². The molecule has 0 spiro atoms. The lowest BCUT2D eigenvalue weighted by molar-refractivity contribution is -0.139. The van der Waals surface area contributed by atoms with Gasteiger partial charge in [0.15, 0.2) is 11.7 Å². The lowest BCUT2D eigenvalue weighted by Crippen LogP contribution is -2.45. The monoisotopic (exact) mass is 741 g/mol. The highest BCUT2D eigenvalue weighted by molar-refractivity contribution is 7.80. The summed E-state index contributed by atoms with van der Waals surface area (Å²) in [6.07, 6.45) is 1.60. The van der Waals surface area contributed by atoms with Gasteiger partial charge in [0.25, 0.3) is 5.91 Å². The Bertz CT molecular complexity index is 2220. The van der Waals surface area contributed by atoms with Crippen LogP contribution in [0.5, 0.6) is 5.75 Å². The fourth-order valence-electron chi connectivity index (χ4n) is 6.18. The van der Waals surface area contributed by atoms with Crippen LogP contribution >= 0.6 is 12.2 Å². The topological polar surface area (TPSA) is 132 Å². The summed E-state index contributed by atoms with van der Waals surface area (Å²) in [5.41, 5.74) is 9.72. The van der Waals surface area contributed by atoms with Crippen LogP contribution in [-0.4, -0.2) is 53.6 Å². The molecular formula is C42H39N5O6S. The molecule has 0 bridgehead atoms. The number of esters is 2. The Morgan fingerprint density at radius 3 is 2.15 bits per heavy atom. The summed E-state index contributed by atoms with van der Waals surface area (Å²) in [5.74, 6) is -0.985. The van der Waals surface area contributed by atoms with Crippen molar-refractivity contribution in [2.24, 2.45) is 5.10 Å². The van der Waals surface area contributed by atoms with Crippen molar-refractivity contribution < 1.29 is 28.6 Å². The second-order valence-corrected chi connectivity index (χ2v) is 12.5. The van der Waals surface area contributed by atoms with Crippen LogP contribution in [0.15, 0.2) is 132 Å². The van der Waals surface area contributed by atoms with E-state index in [0.29, 0.717) is 33.3 Å². The molecule has 0 fully saturated rings. The first-order valence-electron chi connectivity index (χ1n) is 17.4. The van der Waals surface area contributed by atoms with E-state index in [9.17, 15) is 14.4 Å². The molecule has 11 nitrogen and oxygen atoms in total. The quantitative estimate of drug-likeness (QED) is 0.0512. The molecule has 0 aliphatic carbocycles. The molecule has 0 unspecified atom stereocenters. The highest BCUT2D eigenvalue weighted by Gasteiger charge is 2.32. The molecule has 0 saturated heterocycles. The normalized spacial score (nSPS) is 13.9. The van der Waals surface area contributed by atoms with Crippen molar-refractivity contribution in [2.45, 2.75) is 26.8 Å². The number of carbonyl (C=O) groups excluding carboxylic acids is 3. The standard InChI is InChI=1S/C42H39N5O6S/c1-4-51-40(49)30-20-22-32(23-21-30)47-34(28-14-8-6-9-15-28)24-31(39(47)29-16-10-7-11-17-29)25-43-46-36(48)26-53-35-19-13-12-18-33(35)38-37(41(50)52-5-2)27(3)44-42(54)45-38/h6-25,38H,4-5,26H2,1-3H3,(H,46,48)(H2,44,45,54)/t38-/m0/s1. The van der Waals surface area contributed by atoms with Gasteiger partial charge in [-0.15, -0.1) is 0 Å². The lowest BCUT2D eigenvalue weighted by Gasteiger charge is -2.30. The summed E-state index contributed by atoms with van der Waals surface area (Å²) >= 11 is 5.38. The van der Waals surface area contributed by atoms with Gasteiger partial charge in [-0.1, -0.05) is 78.9 Å². The molecule has 6 rings (SSSR count). The third-order valence-electron chi connectivity index (χ3n) is 8.53. The second-order valence-electron chi connectivity index (χ2n) is 12.1. The van der Waals surface area contributed by atoms with Crippen LogP contribution in [0.4, 0.5) is 0 Å². The fraction of sp³-hybridized carbons (Fsp3) is 0.167. The first kappa shape index (κ1) is 37.2. The summed E-state index contributed by atoms with van der Waals surface area (Å²) in [6, 6.07) is 35.5. The van der Waals surface area contributed by atoms with Crippen molar-refractivity contribution in [3.8, 4) is 34.0 Å². The van der Waals surface area contributed by atoms with Crippen LogP contribution in [0, 0.1) is 0 Å². The van der Waals surface area contributed by atoms with Gasteiger partial charge in [-0.2, -0.15) is 5.10 Å². The maximum Gasteiger partial charge on any atom is 0.338 e. The maximum atomic E-state index is 13.1. The highest BCUT2D eigenvalue weighted by atomic mass is 32.1. The fourth-order valence-corrected chi connectivity index (χ4v) is 6.45. The van der Waals surface area contributed by atoms with E-state index in [2.05, 4.69) is 25.7 Å². The van der Waals surface area contributed by atoms with Gasteiger partial charge >= 0.3 is 11.9 Å². The number of nitrogens with zero attached hydrogens (tertiary/aromatic N) is 2. The van der Waals surface area contributed by atoms with E-state index in [4.69, 9.17) is 26.4 Å². The van der Waals surface area contributed by atoms with Crippen molar-refractivity contribution in [3.05, 3.63) is 143 Å². The molecule has 1 amide bonds. The number of allylic oxidation sites excluding steroid dienone is 1. The number of hydrogen-bond donors (Lipinski definition) is 3. The van der Waals surface area contributed by atoms with E-state index in [1.165, 1.54) is 0 Å². The minimum absolute atomic E-state index is 0.209. The van der Waals surface area contributed by atoms with Gasteiger partial charge in [0.1, 0.15) is 5.75 Å². The number of amides is 1. The lowest BCUT2D eigenvalue weighted by atomic mass is 9.95. The smallest absolute Gasteiger partial charge is 0.338 e. The molecule has 1 aliphatic heterocycles. The number of thiocarbonyl (C=S) groups is 1. The number of ether oxygens (including phenoxy) is 3. The number of rotatable bonds is 13. The average molecular weight is 742 g/mol. The molecule has 0 radical (unpaired) electrons. The van der Waals surface area contributed by atoms with E-state index in [1.54, 1.807) is 57.3 Å². The summed E-state index contributed by atoms with van der Waals surface area (Å²) in [6.45, 7) is 5.41. The number of nitrogens with one attached hydrogen (secondary N) is 3. The van der Waals surface area contributed by atoms with Crippen LogP contribution in [0.1, 0.15) is 48.3 Å². The van der Waals surface area contributed by atoms with Crippen molar-refractivity contribution >= 4 is 41.4 Å². The molecule has 1 aliphatic rings. The minimum Gasteiger partial charge on any atom is -0.483 e. The SMILES string of the molecule is CCOC(=O)C1=C(C)NC(=S)N[C@H]1c1ccccc1OCC(=O)NN=Cc1cc(-c2ccccc2)n(-c2ccc(C(=O)OCC)cc2)c1-c1ccccc1. The van der Waals surface area contributed by atoms with E-state index in [0.717, 1.165) is 33.8 Å². The Hall–Kier alpha value is -6.53. The summed E-state index contributed by atoms with van der Waals surface area (Å²) in [5, 5.41) is 10.8. The zero-order valence-electron chi connectivity index (χ0n) is 30.0. The van der Waals surface area contributed by atoms with Gasteiger partial charge in [-0.25, -0.2) is 15.0 Å². The molecule has 3 N–H and O–H groups in total. The Kier molecular flexibility index (Phi) is 11.9. The number of para-hydroxylation sites is 1. The third kappa shape index (κ3) is 8.40. The van der Waals surface area contributed by atoms with Crippen LogP contribution in [-0.2, 0) is 19.1 Å². The maximum absolute atomic E-state index is 13.1. The van der Waals surface area contributed by atoms with Gasteiger partial charge in [-0.05, 0) is 80.5 Å². The van der Waals surface area contributed by atoms with Crippen LogP contribution in [0.2, 0.25) is 0 Å². The van der Waals surface area contributed by atoms with Crippen LogP contribution < -0.4 is 20.8 Å². The van der Waals surface area contributed by atoms with Gasteiger partial charge in [-0.3, -0.25) is 4.79 Å². The zero-order valence-corrected chi connectivity index (χ0v) is 30.8. The van der Waals surface area contributed by atoms with Crippen molar-refractivity contribution in [2.75, 3.05) is 19.8 Å². The molecule has 1 aromatic heterocycles. The first-order chi connectivity index (χ1) is 26.3. The van der Waals surface area contributed by atoms with Crippen molar-refractivity contribution in [1.82, 2.24) is 20.6 Å². The molecule has 2 heterocycles. The first-order valence-corrected chi connectivity index (χ1v) is 17.8. The summed E-state index contributed by atoms with van der Waals surface area (Å²) < 4.78 is 18.6. The Morgan fingerprint density at radius 1 is 0.833 bits per heavy atom. The number of hydrogen-bond acceptors (Lipinski definition) is 8. The van der Waals surface area contributed by atoms with Crippen LogP contribution in [0.25, 0.3) is 28.2 Å². The zero-order chi connectivity index (χ0) is 38.0. The average Bonchev–Trinajstić information content (AvgIpc) is 3.57. The molecule has 1 atom stereocenters. The highest BCUT2D eigenvalue weighted by Crippen LogP contribution is 2.36. The summed E-state index contributed by atoms with van der Waals surface area (Å²) in [7, 11) is 0. The molecule has 4 aromatic carbocycles.